The zero-order valence-electron chi connectivity index (χ0n) is 9.28. The van der Waals surface area contributed by atoms with Gasteiger partial charge in [-0.2, -0.15) is 0 Å². The summed E-state index contributed by atoms with van der Waals surface area (Å²) in [6, 6.07) is 0. The largest absolute Gasteiger partial charge is 0.0988 e. The van der Waals surface area contributed by atoms with Crippen molar-refractivity contribution in [3.63, 3.8) is 0 Å². The highest BCUT2D eigenvalue weighted by atomic mass is 14.2. The molecule has 0 aromatic carbocycles. The highest BCUT2D eigenvalue weighted by Crippen LogP contribution is 2.36. The van der Waals surface area contributed by atoms with Crippen LogP contribution in [0.25, 0.3) is 0 Å². The van der Waals surface area contributed by atoms with Crippen molar-refractivity contribution in [2.24, 2.45) is 5.92 Å². The van der Waals surface area contributed by atoms with Gasteiger partial charge in [0.25, 0.3) is 0 Å². The predicted molar refractivity (Wildman–Crippen MR) is 59.7 cm³/mol. The quantitative estimate of drug-likeness (QED) is 0.552. The average Bonchev–Trinajstić information content (AvgIpc) is 2.45. The maximum atomic E-state index is 3.82. The van der Waals surface area contributed by atoms with Crippen LogP contribution in [-0.2, 0) is 0 Å². The molecule has 0 nitrogen and oxygen atoms in total. The van der Waals surface area contributed by atoms with E-state index >= 15 is 0 Å². The number of rotatable bonds is 2. The van der Waals surface area contributed by atoms with Crippen LogP contribution in [0.3, 0.4) is 0 Å². The Morgan fingerprint density at radius 3 is 2.46 bits per heavy atom. The van der Waals surface area contributed by atoms with E-state index in [1.54, 1.807) is 11.1 Å². The van der Waals surface area contributed by atoms with Crippen molar-refractivity contribution in [3.05, 3.63) is 34.9 Å². The normalized spacial score (nSPS) is 24.8. The molecule has 0 aromatic heterocycles. The van der Waals surface area contributed by atoms with Crippen LogP contribution in [0.5, 0.6) is 0 Å². The van der Waals surface area contributed by atoms with Gasteiger partial charge < -0.3 is 0 Å². The third-order valence-electron chi connectivity index (χ3n) is 3.39. The minimum atomic E-state index is 0.780. The van der Waals surface area contributed by atoms with Crippen LogP contribution in [0.1, 0.15) is 40.5 Å². The van der Waals surface area contributed by atoms with Crippen LogP contribution in [0.4, 0.5) is 0 Å². The van der Waals surface area contributed by atoms with Crippen LogP contribution in [0.2, 0.25) is 0 Å². The molecule has 1 aliphatic carbocycles. The molecule has 13 heavy (non-hydrogen) atoms. The molecule has 0 heteroatoms. The lowest BCUT2D eigenvalue weighted by Crippen LogP contribution is -1.90. The summed E-state index contributed by atoms with van der Waals surface area (Å²) in [5, 5.41) is 0. The predicted octanol–water partition coefficient (Wildman–Crippen LogP) is 4.26. The highest BCUT2D eigenvalue weighted by Gasteiger charge is 2.19. The smallest absolute Gasteiger partial charge is 0.0225 e. The fourth-order valence-corrected chi connectivity index (χ4v) is 1.95. The molecule has 0 bridgehead atoms. The summed E-state index contributed by atoms with van der Waals surface area (Å²) in [6.07, 6.45) is 4.53. The van der Waals surface area contributed by atoms with E-state index in [0.717, 1.165) is 5.92 Å². The molecule has 0 fully saturated rings. The first-order valence-corrected chi connectivity index (χ1v) is 5.07. The number of hydrogen-bond acceptors (Lipinski definition) is 0. The first-order valence-electron chi connectivity index (χ1n) is 5.07. The molecule has 1 rings (SSSR count). The Labute approximate surface area is 82.0 Å². The third kappa shape index (κ3) is 1.93. The summed E-state index contributed by atoms with van der Waals surface area (Å²) in [5.41, 5.74) is 5.92. The Morgan fingerprint density at radius 1 is 1.46 bits per heavy atom. The minimum absolute atomic E-state index is 0.780. The molecule has 1 atom stereocenters. The molecule has 0 spiro atoms. The second-order valence-corrected chi connectivity index (χ2v) is 4.11. The van der Waals surface area contributed by atoms with Gasteiger partial charge in [-0.25, -0.2) is 0 Å². The number of allylic oxidation sites excluding steroid dienone is 5. The second-order valence-electron chi connectivity index (χ2n) is 4.11. The molecule has 0 saturated carbocycles. The molecule has 72 valence electrons. The lowest BCUT2D eigenvalue weighted by molar-refractivity contribution is 0.669. The topological polar surface area (TPSA) is 0 Å². The van der Waals surface area contributed by atoms with Gasteiger partial charge in [-0.15, -0.1) is 0 Å². The molecule has 0 aromatic rings. The van der Waals surface area contributed by atoms with Crippen LogP contribution >= 0.6 is 0 Å². The molecular formula is C13H20. The van der Waals surface area contributed by atoms with Gasteiger partial charge in [0.2, 0.25) is 0 Å². The van der Waals surface area contributed by atoms with Crippen molar-refractivity contribution in [1.82, 2.24) is 0 Å². The van der Waals surface area contributed by atoms with E-state index in [2.05, 4.69) is 34.3 Å². The molecular weight excluding hydrogens is 156 g/mol. The summed E-state index contributed by atoms with van der Waals surface area (Å²) < 4.78 is 0. The molecule has 1 aliphatic rings. The zero-order chi connectivity index (χ0) is 10.0. The Balaban J connectivity index is 3.03. The molecule has 0 amide bonds. The SMILES string of the molecule is C=C/C(C)=C(/C)C1=C(C)C(C)CC1. The van der Waals surface area contributed by atoms with E-state index in [1.165, 1.54) is 24.0 Å². The van der Waals surface area contributed by atoms with E-state index in [9.17, 15) is 0 Å². The van der Waals surface area contributed by atoms with Gasteiger partial charge in [-0.3, -0.25) is 0 Å². The minimum Gasteiger partial charge on any atom is -0.0988 e. The summed E-state index contributed by atoms with van der Waals surface area (Å²) in [4.78, 5) is 0. The Morgan fingerprint density at radius 2 is 2.08 bits per heavy atom. The van der Waals surface area contributed by atoms with Crippen LogP contribution in [-0.4, -0.2) is 0 Å². The van der Waals surface area contributed by atoms with E-state index < -0.39 is 0 Å². The maximum Gasteiger partial charge on any atom is -0.0225 e. The van der Waals surface area contributed by atoms with Gasteiger partial charge in [-0.05, 0) is 56.3 Å². The Hall–Kier alpha value is -0.780. The fourth-order valence-electron chi connectivity index (χ4n) is 1.95. The van der Waals surface area contributed by atoms with Gasteiger partial charge in [0.15, 0.2) is 0 Å². The second kappa shape index (κ2) is 3.95. The maximum absolute atomic E-state index is 3.82. The number of hydrogen-bond donors (Lipinski definition) is 0. The lowest BCUT2D eigenvalue weighted by atomic mass is 9.98. The van der Waals surface area contributed by atoms with Crippen LogP contribution < -0.4 is 0 Å². The van der Waals surface area contributed by atoms with Gasteiger partial charge in [0.1, 0.15) is 0 Å². The summed E-state index contributed by atoms with van der Waals surface area (Å²) in [6.45, 7) is 12.8. The van der Waals surface area contributed by atoms with Crippen LogP contribution in [0, 0.1) is 5.92 Å². The molecule has 0 N–H and O–H groups in total. The highest BCUT2D eigenvalue weighted by molar-refractivity contribution is 5.42. The average molecular weight is 176 g/mol. The van der Waals surface area contributed by atoms with E-state index in [1.807, 2.05) is 6.08 Å². The monoisotopic (exact) mass is 176 g/mol. The van der Waals surface area contributed by atoms with Gasteiger partial charge in [0, 0.05) is 0 Å². The Bertz CT molecular complexity index is 276. The first kappa shape index (κ1) is 10.3. The molecule has 0 aliphatic heterocycles. The van der Waals surface area contributed by atoms with Crippen molar-refractivity contribution < 1.29 is 0 Å². The summed E-state index contributed by atoms with van der Waals surface area (Å²) in [7, 11) is 0. The van der Waals surface area contributed by atoms with Gasteiger partial charge in [-0.1, -0.05) is 25.2 Å². The standard InChI is InChI=1S/C13H20/c1-6-9(2)11(4)13-8-7-10(3)12(13)5/h6,10H,1,7-8H2,2-5H3/b11-9-. The Kier molecular flexibility index (Phi) is 3.13. The van der Waals surface area contributed by atoms with E-state index in [4.69, 9.17) is 0 Å². The van der Waals surface area contributed by atoms with Crippen molar-refractivity contribution in [2.75, 3.05) is 0 Å². The summed E-state index contributed by atoms with van der Waals surface area (Å²) in [5.74, 6) is 0.780. The van der Waals surface area contributed by atoms with Gasteiger partial charge >= 0.3 is 0 Å². The van der Waals surface area contributed by atoms with Crippen LogP contribution in [0.15, 0.2) is 34.9 Å². The third-order valence-corrected chi connectivity index (χ3v) is 3.39. The van der Waals surface area contributed by atoms with E-state index in [0.29, 0.717) is 0 Å². The van der Waals surface area contributed by atoms with Gasteiger partial charge in [0.05, 0.1) is 0 Å². The van der Waals surface area contributed by atoms with Crippen molar-refractivity contribution >= 4 is 0 Å². The van der Waals surface area contributed by atoms with Crippen molar-refractivity contribution in [1.29, 1.82) is 0 Å². The van der Waals surface area contributed by atoms with E-state index in [-0.39, 0.29) is 0 Å². The van der Waals surface area contributed by atoms with Crippen molar-refractivity contribution in [2.45, 2.75) is 40.5 Å². The van der Waals surface area contributed by atoms with Crippen molar-refractivity contribution in [3.8, 4) is 0 Å². The molecule has 1 unspecified atom stereocenters. The summed E-state index contributed by atoms with van der Waals surface area (Å²) >= 11 is 0. The first-order chi connectivity index (χ1) is 6.07. The molecule has 0 heterocycles. The zero-order valence-corrected chi connectivity index (χ0v) is 9.28. The molecule has 0 radical (unpaired) electrons. The molecule has 0 saturated heterocycles. The lowest BCUT2D eigenvalue weighted by Gasteiger charge is -2.08. The fraction of sp³-hybridized carbons (Fsp3) is 0.538.